The molecule has 0 saturated carbocycles. The molecule has 2 heterocycles. The van der Waals surface area contributed by atoms with Crippen molar-refractivity contribution >= 4 is 17.3 Å². The van der Waals surface area contributed by atoms with Crippen LogP contribution in [0.15, 0.2) is 42.7 Å². The summed E-state index contributed by atoms with van der Waals surface area (Å²) in [6, 6.07) is 10.1. The van der Waals surface area contributed by atoms with Crippen LogP contribution in [0, 0.1) is 25.2 Å². The standard InChI is InChI=1S/C31H43N5O3/c1-20-8-9-23(18-24(20)19-36-14-13-34-27(36)17-22-7-6-15-39-16-12-22)28(31(3,4)30(37)38)25-10-11-26(35(5)33)29(32)21(25)2/h8-11,13-14,18,22,28H,6-7,12,15-17,19,32-33H2,1-5H3,(H,37,38). The Morgan fingerprint density at radius 2 is 2.00 bits per heavy atom. The summed E-state index contributed by atoms with van der Waals surface area (Å²) < 4.78 is 7.88. The number of aryl methyl sites for hydroxylation is 1. The second-order valence-electron chi connectivity index (χ2n) is 11.6. The summed E-state index contributed by atoms with van der Waals surface area (Å²) in [5.41, 5.74) is 11.6. The first-order valence-corrected chi connectivity index (χ1v) is 13.8. The number of aliphatic carboxylic acids is 1. The second-order valence-corrected chi connectivity index (χ2v) is 11.6. The number of hydrazine groups is 1. The maximum atomic E-state index is 12.6. The van der Waals surface area contributed by atoms with Gasteiger partial charge in [0.05, 0.1) is 16.8 Å². The Balaban J connectivity index is 1.72. The van der Waals surface area contributed by atoms with Crippen molar-refractivity contribution in [3.8, 4) is 0 Å². The second kappa shape index (κ2) is 11.8. The topological polar surface area (TPSA) is 120 Å². The minimum absolute atomic E-state index is 0.415. The van der Waals surface area contributed by atoms with Gasteiger partial charge >= 0.3 is 5.97 Å². The zero-order valence-electron chi connectivity index (χ0n) is 23.9. The van der Waals surface area contributed by atoms with Gasteiger partial charge in [-0.25, -0.2) is 10.8 Å². The van der Waals surface area contributed by atoms with Crippen molar-refractivity contribution < 1.29 is 14.6 Å². The molecule has 2 unspecified atom stereocenters. The van der Waals surface area contributed by atoms with Crippen molar-refractivity contribution in [3.63, 3.8) is 0 Å². The van der Waals surface area contributed by atoms with Gasteiger partial charge in [0.1, 0.15) is 5.82 Å². The third-order valence-electron chi connectivity index (χ3n) is 8.39. The molecular weight excluding hydrogens is 490 g/mol. The fourth-order valence-electron chi connectivity index (χ4n) is 5.79. The number of rotatable bonds is 9. The van der Waals surface area contributed by atoms with Crippen LogP contribution in [-0.2, 0) is 22.5 Å². The summed E-state index contributed by atoms with van der Waals surface area (Å²) in [6.45, 7) is 9.95. The van der Waals surface area contributed by atoms with Gasteiger partial charge in [0.15, 0.2) is 0 Å². The largest absolute Gasteiger partial charge is 0.481 e. The zero-order chi connectivity index (χ0) is 28.3. The minimum Gasteiger partial charge on any atom is -0.481 e. The average Bonchev–Trinajstić information content (AvgIpc) is 3.14. The fourth-order valence-corrected chi connectivity index (χ4v) is 5.79. The molecule has 210 valence electrons. The van der Waals surface area contributed by atoms with Crippen molar-refractivity contribution in [2.45, 2.75) is 65.8 Å². The maximum absolute atomic E-state index is 12.6. The van der Waals surface area contributed by atoms with Crippen LogP contribution in [0.4, 0.5) is 11.4 Å². The summed E-state index contributed by atoms with van der Waals surface area (Å²) in [5.74, 6) is 6.36. The van der Waals surface area contributed by atoms with Gasteiger partial charge in [-0.15, -0.1) is 0 Å². The lowest BCUT2D eigenvalue weighted by atomic mass is 9.69. The molecule has 2 atom stereocenters. The molecule has 8 nitrogen and oxygen atoms in total. The van der Waals surface area contributed by atoms with E-state index in [1.807, 2.05) is 37.5 Å². The first kappa shape index (κ1) is 28.6. The van der Waals surface area contributed by atoms with E-state index < -0.39 is 17.3 Å². The zero-order valence-corrected chi connectivity index (χ0v) is 23.9. The van der Waals surface area contributed by atoms with E-state index in [1.165, 1.54) is 5.01 Å². The lowest BCUT2D eigenvalue weighted by Crippen LogP contribution is -2.33. The van der Waals surface area contributed by atoms with Gasteiger partial charge < -0.3 is 25.2 Å². The summed E-state index contributed by atoms with van der Waals surface area (Å²) in [4.78, 5) is 17.3. The van der Waals surface area contributed by atoms with Gasteiger partial charge in [-0.1, -0.05) is 24.3 Å². The van der Waals surface area contributed by atoms with Gasteiger partial charge in [0.2, 0.25) is 0 Å². The van der Waals surface area contributed by atoms with Crippen LogP contribution in [-0.4, -0.2) is 40.9 Å². The van der Waals surface area contributed by atoms with E-state index in [2.05, 4.69) is 23.6 Å². The number of nitrogens with zero attached hydrogens (tertiary/aromatic N) is 3. The number of hydrogen-bond donors (Lipinski definition) is 3. The van der Waals surface area contributed by atoms with E-state index >= 15 is 0 Å². The van der Waals surface area contributed by atoms with Gasteiger partial charge in [-0.2, -0.15) is 0 Å². The summed E-state index contributed by atoms with van der Waals surface area (Å²) >= 11 is 0. The molecule has 0 radical (unpaired) electrons. The van der Waals surface area contributed by atoms with E-state index in [0.717, 1.165) is 72.5 Å². The number of carboxylic acids is 1. The normalized spacial score (nSPS) is 17.0. The average molecular weight is 534 g/mol. The van der Waals surface area contributed by atoms with Crippen molar-refractivity contribution in [3.05, 3.63) is 76.4 Å². The van der Waals surface area contributed by atoms with Crippen LogP contribution >= 0.6 is 0 Å². The molecule has 0 spiro atoms. The third-order valence-corrected chi connectivity index (χ3v) is 8.39. The Morgan fingerprint density at radius 3 is 2.72 bits per heavy atom. The van der Waals surface area contributed by atoms with Crippen molar-refractivity contribution in [2.75, 3.05) is 31.0 Å². The number of anilines is 2. The predicted molar refractivity (Wildman–Crippen MR) is 156 cm³/mol. The van der Waals surface area contributed by atoms with Crippen LogP contribution in [0.5, 0.6) is 0 Å². The molecule has 1 aliphatic rings. The molecule has 2 aromatic carbocycles. The Morgan fingerprint density at radius 1 is 1.23 bits per heavy atom. The Kier molecular flexibility index (Phi) is 8.67. The molecule has 1 saturated heterocycles. The minimum atomic E-state index is -1.08. The first-order valence-electron chi connectivity index (χ1n) is 13.8. The van der Waals surface area contributed by atoms with Crippen LogP contribution in [0.3, 0.4) is 0 Å². The lowest BCUT2D eigenvalue weighted by molar-refractivity contribution is -0.147. The third kappa shape index (κ3) is 6.12. The van der Waals surface area contributed by atoms with Crippen LogP contribution in [0.1, 0.15) is 72.7 Å². The van der Waals surface area contributed by atoms with Crippen LogP contribution in [0.25, 0.3) is 0 Å². The van der Waals surface area contributed by atoms with E-state index in [1.54, 1.807) is 20.9 Å². The Labute approximate surface area is 231 Å². The molecule has 0 bridgehead atoms. The number of carbonyl (C=O) groups is 1. The number of nitrogens with two attached hydrogens (primary N) is 2. The first-order chi connectivity index (χ1) is 18.5. The molecule has 1 fully saturated rings. The number of aromatic nitrogens is 2. The summed E-state index contributed by atoms with van der Waals surface area (Å²) in [7, 11) is 1.74. The Hall–Kier alpha value is -3.36. The molecule has 3 aromatic rings. The number of nitrogen functional groups attached to an aromatic ring is 1. The smallest absolute Gasteiger partial charge is 0.310 e. The van der Waals surface area contributed by atoms with Gasteiger partial charge in [-0.05, 0) is 86.8 Å². The molecule has 1 aliphatic heterocycles. The van der Waals surface area contributed by atoms with Crippen molar-refractivity contribution in [1.82, 2.24) is 9.55 Å². The predicted octanol–water partition coefficient (Wildman–Crippen LogP) is 5.04. The van der Waals surface area contributed by atoms with Gasteiger partial charge in [0.25, 0.3) is 0 Å². The molecule has 0 amide bonds. The number of carboxylic acid groups (broad SMARTS) is 1. The number of imidazole rings is 1. The maximum Gasteiger partial charge on any atom is 0.310 e. The highest BCUT2D eigenvalue weighted by atomic mass is 16.5. The Bertz CT molecular complexity index is 1310. The number of hydrogen-bond acceptors (Lipinski definition) is 6. The van der Waals surface area contributed by atoms with E-state index in [4.69, 9.17) is 21.3 Å². The molecule has 5 N–H and O–H groups in total. The highest BCUT2D eigenvalue weighted by Crippen LogP contribution is 2.45. The van der Waals surface area contributed by atoms with Gasteiger partial charge in [-0.3, -0.25) is 4.79 Å². The molecule has 0 aliphatic carbocycles. The van der Waals surface area contributed by atoms with E-state index in [-0.39, 0.29) is 0 Å². The molecule has 4 rings (SSSR count). The highest BCUT2D eigenvalue weighted by molar-refractivity contribution is 5.78. The lowest BCUT2D eigenvalue weighted by Gasteiger charge is -2.34. The van der Waals surface area contributed by atoms with Gasteiger partial charge in [0, 0.05) is 51.5 Å². The van der Waals surface area contributed by atoms with Crippen molar-refractivity contribution in [1.29, 1.82) is 0 Å². The summed E-state index contributed by atoms with van der Waals surface area (Å²) in [5, 5.41) is 11.8. The highest BCUT2D eigenvalue weighted by Gasteiger charge is 2.40. The molecule has 1 aromatic heterocycles. The quantitative estimate of drug-likeness (QED) is 0.200. The monoisotopic (exact) mass is 533 g/mol. The van der Waals surface area contributed by atoms with Crippen LogP contribution in [0.2, 0.25) is 0 Å². The summed E-state index contributed by atoms with van der Waals surface area (Å²) in [6.07, 6.45) is 8.17. The van der Waals surface area contributed by atoms with Crippen molar-refractivity contribution in [2.24, 2.45) is 17.2 Å². The number of ether oxygens (including phenoxy) is 1. The van der Waals surface area contributed by atoms with E-state index in [9.17, 15) is 9.90 Å². The molecule has 8 heteroatoms. The van der Waals surface area contributed by atoms with E-state index in [0.29, 0.717) is 23.8 Å². The number of benzene rings is 2. The molecule has 39 heavy (non-hydrogen) atoms. The van der Waals surface area contributed by atoms with Crippen LogP contribution < -0.4 is 16.6 Å². The fraction of sp³-hybridized carbons (Fsp3) is 0.484. The SMILES string of the molecule is Cc1ccc(C(c2ccc(N(C)N)c(N)c2C)C(C)(C)C(=O)O)cc1Cn1ccnc1CC1CCCOCC1. The molecular formula is C31H43N5O3.